The second-order valence-electron chi connectivity index (χ2n) is 4.32. The lowest BCUT2D eigenvalue weighted by Crippen LogP contribution is -2.48. The molecule has 0 aliphatic carbocycles. The SMILES string of the molecule is NC(=O)CSc1ccccc1NC(=O)C1COCCN1. The highest BCUT2D eigenvalue weighted by atomic mass is 32.2. The molecule has 1 aliphatic rings. The van der Waals surface area contributed by atoms with Gasteiger partial charge in [-0.1, -0.05) is 12.1 Å². The number of thioether (sulfide) groups is 1. The number of hydrogen-bond acceptors (Lipinski definition) is 5. The number of primary amides is 1. The Labute approximate surface area is 121 Å². The van der Waals surface area contributed by atoms with E-state index in [2.05, 4.69) is 10.6 Å². The fourth-order valence-corrected chi connectivity index (χ4v) is 2.55. The first-order valence-corrected chi connectivity index (χ1v) is 7.27. The number of anilines is 1. The molecular weight excluding hydrogens is 278 g/mol. The molecule has 1 saturated heterocycles. The van der Waals surface area contributed by atoms with Gasteiger partial charge in [0, 0.05) is 11.4 Å². The quantitative estimate of drug-likeness (QED) is 0.674. The van der Waals surface area contributed by atoms with Crippen LogP contribution in [0.25, 0.3) is 0 Å². The first-order chi connectivity index (χ1) is 9.66. The van der Waals surface area contributed by atoms with E-state index < -0.39 is 5.91 Å². The number of hydrogen-bond donors (Lipinski definition) is 3. The molecule has 1 heterocycles. The van der Waals surface area contributed by atoms with Crippen molar-refractivity contribution in [3.8, 4) is 0 Å². The number of nitrogens with two attached hydrogens (primary N) is 1. The molecule has 20 heavy (non-hydrogen) atoms. The summed E-state index contributed by atoms with van der Waals surface area (Å²) in [4.78, 5) is 23.8. The molecule has 0 bridgehead atoms. The third-order valence-corrected chi connectivity index (χ3v) is 3.85. The van der Waals surface area contributed by atoms with Gasteiger partial charge < -0.3 is 21.1 Å². The number of morpholine rings is 1. The Bertz CT molecular complexity index is 490. The van der Waals surface area contributed by atoms with E-state index in [1.54, 1.807) is 6.07 Å². The first kappa shape index (κ1) is 14.8. The number of nitrogens with one attached hydrogen (secondary N) is 2. The number of benzene rings is 1. The second-order valence-corrected chi connectivity index (χ2v) is 5.34. The molecule has 1 atom stereocenters. The molecule has 1 aliphatic heterocycles. The van der Waals surface area contributed by atoms with E-state index in [1.807, 2.05) is 18.2 Å². The van der Waals surface area contributed by atoms with Gasteiger partial charge in [-0.05, 0) is 12.1 Å². The minimum atomic E-state index is -0.390. The number of carbonyl (C=O) groups excluding carboxylic acids is 2. The fraction of sp³-hybridized carbons (Fsp3) is 0.385. The van der Waals surface area contributed by atoms with Crippen molar-refractivity contribution in [3.05, 3.63) is 24.3 Å². The van der Waals surface area contributed by atoms with Crippen LogP contribution in [0.4, 0.5) is 5.69 Å². The van der Waals surface area contributed by atoms with Crippen molar-refractivity contribution < 1.29 is 14.3 Å². The zero-order chi connectivity index (χ0) is 14.4. The Morgan fingerprint density at radius 3 is 2.95 bits per heavy atom. The van der Waals surface area contributed by atoms with Crippen LogP contribution in [0.2, 0.25) is 0 Å². The Morgan fingerprint density at radius 1 is 1.45 bits per heavy atom. The predicted octanol–water partition coefficient (Wildman–Crippen LogP) is 0.191. The molecule has 7 heteroatoms. The topological polar surface area (TPSA) is 93.5 Å². The lowest BCUT2D eigenvalue weighted by molar-refractivity contribution is -0.120. The van der Waals surface area contributed by atoms with Crippen LogP contribution in [0.3, 0.4) is 0 Å². The number of para-hydroxylation sites is 1. The van der Waals surface area contributed by atoms with Crippen molar-refractivity contribution in [1.82, 2.24) is 5.32 Å². The summed E-state index contributed by atoms with van der Waals surface area (Å²) in [7, 11) is 0. The van der Waals surface area contributed by atoms with Gasteiger partial charge in [0.2, 0.25) is 11.8 Å². The smallest absolute Gasteiger partial charge is 0.243 e. The Morgan fingerprint density at radius 2 is 2.25 bits per heavy atom. The molecule has 1 aromatic carbocycles. The number of carbonyl (C=O) groups is 2. The van der Waals surface area contributed by atoms with E-state index >= 15 is 0 Å². The highest BCUT2D eigenvalue weighted by molar-refractivity contribution is 8.00. The van der Waals surface area contributed by atoms with Crippen LogP contribution in [-0.2, 0) is 14.3 Å². The minimum absolute atomic E-state index is 0.142. The number of amides is 2. The maximum absolute atomic E-state index is 12.1. The van der Waals surface area contributed by atoms with Crippen molar-refractivity contribution in [1.29, 1.82) is 0 Å². The van der Waals surface area contributed by atoms with Crippen LogP contribution in [-0.4, -0.2) is 43.4 Å². The molecule has 0 aromatic heterocycles. The molecule has 0 spiro atoms. The maximum atomic E-state index is 12.1. The van der Waals surface area contributed by atoms with Crippen LogP contribution >= 0.6 is 11.8 Å². The number of ether oxygens (including phenoxy) is 1. The van der Waals surface area contributed by atoms with Crippen molar-refractivity contribution in [2.24, 2.45) is 5.73 Å². The zero-order valence-corrected chi connectivity index (χ0v) is 11.7. The summed E-state index contributed by atoms with van der Waals surface area (Å²) in [6.07, 6.45) is 0. The molecule has 4 N–H and O–H groups in total. The van der Waals surface area contributed by atoms with Crippen molar-refractivity contribution in [2.75, 3.05) is 30.8 Å². The van der Waals surface area contributed by atoms with Gasteiger partial charge in [-0.15, -0.1) is 11.8 Å². The summed E-state index contributed by atoms with van der Waals surface area (Å²) < 4.78 is 5.26. The summed E-state index contributed by atoms with van der Waals surface area (Å²) in [6.45, 7) is 1.65. The Kier molecular flexibility index (Phi) is 5.40. The summed E-state index contributed by atoms with van der Waals surface area (Å²) in [5, 5.41) is 5.94. The molecule has 6 nitrogen and oxygen atoms in total. The van der Waals surface area contributed by atoms with E-state index in [0.717, 1.165) is 4.90 Å². The summed E-state index contributed by atoms with van der Waals surface area (Å²) in [5.41, 5.74) is 5.81. The lowest BCUT2D eigenvalue weighted by atomic mass is 10.2. The van der Waals surface area contributed by atoms with Crippen molar-refractivity contribution >= 4 is 29.3 Å². The molecule has 1 aromatic rings. The third-order valence-electron chi connectivity index (χ3n) is 2.75. The lowest BCUT2D eigenvalue weighted by Gasteiger charge is -2.23. The zero-order valence-electron chi connectivity index (χ0n) is 10.9. The molecule has 2 amide bonds. The van der Waals surface area contributed by atoms with E-state index in [-0.39, 0.29) is 17.7 Å². The predicted molar refractivity (Wildman–Crippen MR) is 77.6 cm³/mol. The van der Waals surface area contributed by atoms with Gasteiger partial charge in [-0.2, -0.15) is 0 Å². The summed E-state index contributed by atoms with van der Waals surface area (Å²) in [6, 6.07) is 6.96. The highest BCUT2D eigenvalue weighted by Crippen LogP contribution is 2.26. The maximum Gasteiger partial charge on any atom is 0.243 e. The van der Waals surface area contributed by atoms with Crippen molar-refractivity contribution in [3.63, 3.8) is 0 Å². The Hall–Kier alpha value is -1.57. The molecular formula is C13H17N3O3S. The second kappa shape index (κ2) is 7.28. The average molecular weight is 295 g/mol. The van der Waals surface area contributed by atoms with Crippen molar-refractivity contribution in [2.45, 2.75) is 10.9 Å². The third kappa shape index (κ3) is 4.22. The van der Waals surface area contributed by atoms with Crippen LogP contribution < -0.4 is 16.4 Å². The molecule has 2 rings (SSSR count). The first-order valence-electron chi connectivity index (χ1n) is 6.29. The number of rotatable bonds is 5. The molecule has 1 fully saturated rings. The van der Waals surface area contributed by atoms with Gasteiger partial charge in [0.25, 0.3) is 0 Å². The van der Waals surface area contributed by atoms with Gasteiger partial charge >= 0.3 is 0 Å². The molecule has 0 radical (unpaired) electrons. The molecule has 108 valence electrons. The monoisotopic (exact) mass is 295 g/mol. The van der Waals surface area contributed by atoms with E-state index in [0.29, 0.717) is 25.4 Å². The van der Waals surface area contributed by atoms with Gasteiger partial charge in [0.05, 0.1) is 24.7 Å². The Balaban J connectivity index is 2.00. The fourth-order valence-electron chi connectivity index (χ4n) is 1.80. The van der Waals surface area contributed by atoms with Crippen LogP contribution in [0.1, 0.15) is 0 Å². The summed E-state index contributed by atoms with van der Waals surface area (Å²) >= 11 is 1.30. The van der Waals surface area contributed by atoms with Gasteiger partial charge in [0.1, 0.15) is 6.04 Å². The van der Waals surface area contributed by atoms with E-state index in [4.69, 9.17) is 10.5 Å². The van der Waals surface area contributed by atoms with Crippen LogP contribution in [0.15, 0.2) is 29.2 Å². The molecule has 1 unspecified atom stereocenters. The van der Waals surface area contributed by atoms with E-state index in [1.165, 1.54) is 11.8 Å². The normalized spacial score (nSPS) is 18.5. The van der Waals surface area contributed by atoms with Crippen LogP contribution in [0, 0.1) is 0 Å². The standard InChI is InChI=1S/C13H17N3O3S/c14-12(17)8-20-11-4-2-1-3-9(11)16-13(18)10-7-19-6-5-15-10/h1-4,10,15H,5-8H2,(H2,14,17)(H,16,18). The summed E-state index contributed by atoms with van der Waals surface area (Å²) in [5.74, 6) is -0.354. The molecule has 0 saturated carbocycles. The highest BCUT2D eigenvalue weighted by Gasteiger charge is 2.21. The van der Waals surface area contributed by atoms with Gasteiger partial charge in [-0.3, -0.25) is 9.59 Å². The van der Waals surface area contributed by atoms with Gasteiger partial charge in [0.15, 0.2) is 0 Å². The minimum Gasteiger partial charge on any atom is -0.378 e. The van der Waals surface area contributed by atoms with Crippen LogP contribution in [0.5, 0.6) is 0 Å². The van der Waals surface area contributed by atoms with E-state index in [9.17, 15) is 9.59 Å². The largest absolute Gasteiger partial charge is 0.378 e. The average Bonchev–Trinajstić information content (AvgIpc) is 2.47. The van der Waals surface area contributed by atoms with Gasteiger partial charge in [-0.25, -0.2) is 0 Å².